The molecular weight excluding hydrogens is 198 g/mol. The molecule has 0 radical (unpaired) electrons. The summed E-state index contributed by atoms with van der Waals surface area (Å²) in [5.41, 5.74) is 0. The molecule has 0 bridgehead atoms. The van der Waals surface area contributed by atoms with Gasteiger partial charge in [-0.15, -0.1) is 0 Å². The first-order valence-electron chi connectivity index (χ1n) is 6.99. The van der Waals surface area contributed by atoms with E-state index in [0.717, 1.165) is 25.9 Å². The van der Waals surface area contributed by atoms with E-state index in [9.17, 15) is 4.79 Å². The van der Waals surface area contributed by atoms with Crippen LogP contribution in [0.1, 0.15) is 58.8 Å². The lowest BCUT2D eigenvalue weighted by atomic mass is 9.91. The van der Waals surface area contributed by atoms with Gasteiger partial charge in [-0.25, -0.2) is 0 Å². The van der Waals surface area contributed by atoms with Crippen molar-refractivity contribution in [2.24, 2.45) is 11.8 Å². The van der Waals surface area contributed by atoms with E-state index in [0.29, 0.717) is 17.6 Å². The highest BCUT2D eigenvalue weighted by atomic mass is 16.1. The van der Waals surface area contributed by atoms with Crippen LogP contribution in [-0.2, 0) is 4.79 Å². The molecule has 1 rings (SSSR count). The van der Waals surface area contributed by atoms with Crippen molar-refractivity contribution in [3.63, 3.8) is 0 Å². The fourth-order valence-corrected chi connectivity index (χ4v) is 2.51. The normalized spacial score (nSPS) is 24.9. The number of nitrogens with one attached hydrogen (secondary N) is 1. The third kappa shape index (κ3) is 4.65. The monoisotopic (exact) mass is 225 g/mol. The number of carbonyl (C=O) groups is 1. The minimum Gasteiger partial charge on any atom is -0.316 e. The van der Waals surface area contributed by atoms with Gasteiger partial charge in [-0.2, -0.15) is 0 Å². The van der Waals surface area contributed by atoms with E-state index >= 15 is 0 Å². The Kier molecular flexibility index (Phi) is 6.70. The molecule has 0 aromatic heterocycles. The zero-order valence-corrected chi connectivity index (χ0v) is 10.9. The highest BCUT2D eigenvalue weighted by Gasteiger charge is 2.28. The number of Topliss-reactive ketones (excluding diaryl/α,β-unsaturated/α-hetero) is 1. The quantitative estimate of drug-likeness (QED) is 0.643. The highest BCUT2D eigenvalue weighted by molar-refractivity contribution is 5.81. The van der Waals surface area contributed by atoms with Gasteiger partial charge in [-0.3, -0.25) is 4.79 Å². The fraction of sp³-hybridized carbons (Fsp3) is 0.929. The number of hydrogen-bond acceptors (Lipinski definition) is 2. The Hall–Kier alpha value is -0.370. The average molecular weight is 225 g/mol. The summed E-state index contributed by atoms with van der Waals surface area (Å²) >= 11 is 0. The Morgan fingerprint density at radius 3 is 2.44 bits per heavy atom. The smallest absolute Gasteiger partial charge is 0.137 e. The lowest BCUT2D eigenvalue weighted by Gasteiger charge is -2.12. The molecule has 16 heavy (non-hydrogen) atoms. The molecule has 1 heterocycles. The molecule has 2 unspecified atom stereocenters. The largest absolute Gasteiger partial charge is 0.316 e. The van der Waals surface area contributed by atoms with E-state index in [4.69, 9.17) is 0 Å². The molecule has 0 spiro atoms. The van der Waals surface area contributed by atoms with Crippen LogP contribution >= 0.6 is 0 Å². The van der Waals surface area contributed by atoms with Crippen LogP contribution in [0.5, 0.6) is 0 Å². The molecule has 0 saturated carbocycles. The fourth-order valence-electron chi connectivity index (χ4n) is 2.51. The predicted molar refractivity (Wildman–Crippen MR) is 68.5 cm³/mol. The molecule has 2 heteroatoms. The van der Waals surface area contributed by atoms with Gasteiger partial charge in [0.25, 0.3) is 0 Å². The second-order valence-electron chi connectivity index (χ2n) is 5.23. The van der Waals surface area contributed by atoms with E-state index in [1.54, 1.807) is 0 Å². The summed E-state index contributed by atoms with van der Waals surface area (Å²) in [5.74, 6) is 1.34. The van der Waals surface area contributed by atoms with E-state index in [-0.39, 0.29) is 0 Å². The van der Waals surface area contributed by atoms with Crippen LogP contribution in [0.15, 0.2) is 0 Å². The molecule has 2 atom stereocenters. The number of carbonyl (C=O) groups excluding carboxylic acids is 1. The zero-order chi connectivity index (χ0) is 11.8. The van der Waals surface area contributed by atoms with Gasteiger partial charge in [-0.05, 0) is 18.9 Å². The zero-order valence-electron chi connectivity index (χ0n) is 10.9. The third-order valence-corrected chi connectivity index (χ3v) is 3.71. The molecule has 0 aromatic rings. The van der Waals surface area contributed by atoms with Gasteiger partial charge in [0.15, 0.2) is 0 Å². The van der Waals surface area contributed by atoms with Gasteiger partial charge in [0.1, 0.15) is 5.78 Å². The van der Waals surface area contributed by atoms with Gasteiger partial charge < -0.3 is 5.32 Å². The Morgan fingerprint density at radius 1 is 1.12 bits per heavy atom. The molecule has 1 aliphatic rings. The minimum absolute atomic E-state index is 0.302. The van der Waals surface area contributed by atoms with Crippen LogP contribution in [0, 0.1) is 11.8 Å². The van der Waals surface area contributed by atoms with Crippen LogP contribution in [0.3, 0.4) is 0 Å². The Bertz CT molecular complexity index is 203. The lowest BCUT2D eigenvalue weighted by molar-refractivity contribution is -0.123. The van der Waals surface area contributed by atoms with Crippen molar-refractivity contribution in [1.29, 1.82) is 0 Å². The second-order valence-corrected chi connectivity index (χ2v) is 5.23. The van der Waals surface area contributed by atoms with Crippen LogP contribution < -0.4 is 5.32 Å². The lowest BCUT2D eigenvalue weighted by Crippen LogP contribution is -2.21. The number of hydrogen-bond donors (Lipinski definition) is 1. The molecule has 94 valence electrons. The van der Waals surface area contributed by atoms with Crippen LogP contribution in [-0.4, -0.2) is 18.9 Å². The van der Waals surface area contributed by atoms with Gasteiger partial charge in [0.05, 0.1) is 0 Å². The first-order valence-corrected chi connectivity index (χ1v) is 6.99. The summed E-state index contributed by atoms with van der Waals surface area (Å²) in [6.45, 7) is 6.35. The van der Waals surface area contributed by atoms with Crippen molar-refractivity contribution in [3.05, 3.63) is 0 Å². The Morgan fingerprint density at radius 2 is 1.81 bits per heavy atom. The SMILES string of the molecule is CCCCCCCCC(=O)C1CNCC1C. The topological polar surface area (TPSA) is 29.1 Å². The van der Waals surface area contributed by atoms with E-state index in [1.807, 2.05) is 0 Å². The van der Waals surface area contributed by atoms with Crippen LogP contribution in [0.2, 0.25) is 0 Å². The van der Waals surface area contributed by atoms with Crippen molar-refractivity contribution >= 4 is 5.78 Å². The predicted octanol–water partition coefficient (Wildman–Crippen LogP) is 3.16. The standard InChI is InChI=1S/C14H27NO/c1-3-4-5-6-7-8-9-14(16)13-11-15-10-12(13)2/h12-13,15H,3-11H2,1-2H3. The highest BCUT2D eigenvalue weighted by Crippen LogP contribution is 2.19. The molecule has 0 aromatic carbocycles. The van der Waals surface area contributed by atoms with Crippen molar-refractivity contribution in [3.8, 4) is 0 Å². The average Bonchev–Trinajstić information content (AvgIpc) is 2.69. The molecular formula is C14H27NO. The van der Waals surface area contributed by atoms with Gasteiger partial charge in [-0.1, -0.05) is 46.0 Å². The maximum absolute atomic E-state index is 11.9. The van der Waals surface area contributed by atoms with Crippen molar-refractivity contribution in [2.45, 2.75) is 58.8 Å². The first kappa shape index (κ1) is 13.7. The molecule has 1 saturated heterocycles. The van der Waals surface area contributed by atoms with Gasteiger partial charge >= 0.3 is 0 Å². The van der Waals surface area contributed by atoms with E-state index in [1.165, 1.54) is 32.1 Å². The Balaban J connectivity index is 2.02. The summed E-state index contributed by atoms with van der Waals surface area (Å²) in [6.07, 6.45) is 8.43. The van der Waals surface area contributed by atoms with Crippen molar-refractivity contribution in [1.82, 2.24) is 5.32 Å². The number of ketones is 1. The first-order chi connectivity index (χ1) is 7.75. The summed E-state index contributed by atoms with van der Waals surface area (Å²) < 4.78 is 0. The van der Waals surface area contributed by atoms with Crippen LogP contribution in [0.4, 0.5) is 0 Å². The van der Waals surface area contributed by atoms with Crippen LogP contribution in [0.25, 0.3) is 0 Å². The van der Waals surface area contributed by atoms with E-state index < -0.39 is 0 Å². The molecule has 2 nitrogen and oxygen atoms in total. The number of rotatable bonds is 8. The van der Waals surface area contributed by atoms with Gasteiger partial charge in [0.2, 0.25) is 0 Å². The minimum atomic E-state index is 0.302. The molecule has 0 aliphatic carbocycles. The molecule has 1 N–H and O–H groups in total. The van der Waals surface area contributed by atoms with Crippen molar-refractivity contribution < 1.29 is 4.79 Å². The summed E-state index contributed by atoms with van der Waals surface area (Å²) in [4.78, 5) is 11.9. The second kappa shape index (κ2) is 7.83. The number of unbranched alkanes of at least 4 members (excludes halogenated alkanes) is 5. The summed E-state index contributed by atoms with van der Waals surface area (Å²) in [5, 5.41) is 3.30. The Labute approximate surface area is 100 Å². The van der Waals surface area contributed by atoms with Gasteiger partial charge in [0, 0.05) is 18.9 Å². The van der Waals surface area contributed by atoms with Crippen molar-refractivity contribution in [2.75, 3.05) is 13.1 Å². The summed E-state index contributed by atoms with van der Waals surface area (Å²) in [7, 11) is 0. The maximum Gasteiger partial charge on any atom is 0.137 e. The molecule has 0 amide bonds. The molecule has 1 fully saturated rings. The summed E-state index contributed by atoms with van der Waals surface area (Å²) in [6, 6.07) is 0. The maximum atomic E-state index is 11.9. The third-order valence-electron chi connectivity index (χ3n) is 3.71. The van der Waals surface area contributed by atoms with E-state index in [2.05, 4.69) is 19.2 Å². The molecule has 1 aliphatic heterocycles.